The molecule has 0 saturated heterocycles. The molecule has 0 aliphatic carbocycles. The zero-order valence-corrected chi connectivity index (χ0v) is 17.4. The van der Waals surface area contributed by atoms with Gasteiger partial charge in [0.05, 0.1) is 5.52 Å². The maximum atomic E-state index is 12.8. The first-order chi connectivity index (χ1) is 14.4. The molecule has 1 N–H and O–H groups in total. The molecule has 2 aromatic carbocycles. The van der Waals surface area contributed by atoms with E-state index in [0.717, 1.165) is 22.6 Å². The van der Waals surface area contributed by atoms with Crippen LogP contribution in [-0.4, -0.2) is 33.1 Å². The molecule has 6 heteroatoms. The minimum absolute atomic E-state index is 0.180. The van der Waals surface area contributed by atoms with Gasteiger partial charge in [-0.3, -0.25) is 9.89 Å². The van der Waals surface area contributed by atoms with Crippen LogP contribution in [0.4, 0.5) is 0 Å². The molecule has 0 amide bonds. The van der Waals surface area contributed by atoms with E-state index in [4.69, 9.17) is 4.74 Å². The number of Topliss-reactive ketones (excluding diaryl/α,β-unsaturated/α-hetero) is 1. The number of hydrogen-bond donors (Lipinski definition) is 1. The third kappa shape index (κ3) is 3.41. The Morgan fingerprint density at radius 3 is 2.53 bits per heavy atom. The number of aromatic amines is 1. The second-order valence-corrected chi connectivity index (χ2v) is 7.51. The average Bonchev–Trinajstić information content (AvgIpc) is 3.29. The van der Waals surface area contributed by atoms with Gasteiger partial charge in [-0.1, -0.05) is 24.3 Å². The number of nitrogens with one attached hydrogen (secondary N) is 1. The van der Waals surface area contributed by atoms with Crippen LogP contribution >= 0.6 is 0 Å². The smallest absolute Gasteiger partial charge is 0.359 e. The van der Waals surface area contributed by atoms with Gasteiger partial charge in [0.2, 0.25) is 5.78 Å². The van der Waals surface area contributed by atoms with Crippen LogP contribution in [0.3, 0.4) is 0 Å². The van der Waals surface area contributed by atoms with Crippen molar-refractivity contribution in [1.29, 1.82) is 0 Å². The molecule has 0 atom stereocenters. The lowest BCUT2D eigenvalue weighted by Gasteiger charge is -2.12. The lowest BCUT2D eigenvalue weighted by atomic mass is 10.1. The van der Waals surface area contributed by atoms with E-state index in [0.29, 0.717) is 10.9 Å². The van der Waals surface area contributed by atoms with E-state index in [9.17, 15) is 9.59 Å². The molecular formula is C24H23N3O3. The highest BCUT2D eigenvalue weighted by molar-refractivity contribution is 6.04. The van der Waals surface area contributed by atoms with Crippen molar-refractivity contribution in [2.45, 2.75) is 27.7 Å². The summed E-state index contributed by atoms with van der Waals surface area (Å²) in [5, 5.41) is 7.49. The summed E-state index contributed by atoms with van der Waals surface area (Å²) < 4.78 is 7.32. The lowest BCUT2D eigenvalue weighted by Crippen LogP contribution is -2.15. The maximum absolute atomic E-state index is 12.8. The van der Waals surface area contributed by atoms with Crippen molar-refractivity contribution >= 4 is 22.7 Å². The molecule has 4 rings (SSSR count). The minimum Gasteiger partial charge on any atom is -0.452 e. The van der Waals surface area contributed by atoms with Crippen LogP contribution in [0.15, 0.2) is 48.5 Å². The SMILES string of the molecule is Cc1ccc(-n2c(C)cc(C(=O)COC(=O)c3n[nH]c4ccccc34)c2C)cc1C. The van der Waals surface area contributed by atoms with Crippen molar-refractivity contribution in [2.75, 3.05) is 6.61 Å². The number of esters is 1. The standard InChI is InChI=1S/C24H23N3O3/c1-14-9-10-18(11-15(14)2)27-16(3)12-20(17(27)4)22(28)13-30-24(29)23-19-7-5-6-8-21(19)25-26-23/h5-12H,13H2,1-4H3,(H,25,26). The Morgan fingerprint density at radius 1 is 1.00 bits per heavy atom. The third-order valence-corrected chi connectivity index (χ3v) is 5.48. The van der Waals surface area contributed by atoms with Crippen LogP contribution in [0.1, 0.15) is 43.4 Å². The minimum atomic E-state index is -0.622. The summed E-state index contributed by atoms with van der Waals surface area (Å²) in [6.07, 6.45) is 0. The maximum Gasteiger partial charge on any atom is 0.359 e. The van der Waals surface area contributed by atoms with Gasteiger partial charge in [0, 0.05) is 28.0 Å². The Morgan fingerprint density at radius 2 is 1.77 bits per heavy atom. The van der Waals surface area contributed by atoms with Crippen LogP contribution in [-0.2, 0) is 4.74 Å². The van der Waals surface area contributed by atoms with Crippen molar-refractivity contribution in [3.05, 3.63) is 82.3 Å². The quantitative estimate of drug-likeness (QED) is 0.391. The van der Waals surface area contributed by atoms with Gasteiger partial charge in [-0.05, 0) is 63.1 Å². The molecule has 0 aliphatic rings. The first-order valence-electron chi connectivity index (χ1n) is 9.77. The van der Waals surface area contributed by atoms with Crippen molar-refractivity contribution in [1.82, 2.24) is 14.8 Å². The number of rotatable bonds is 5. The van der Waals surface area contributed by atoms with Gasteiger partial charge in [0.25, 0.3) is 0 Å². The molecule has 0 spiro atoms. The number of aromatic nitrogens is 3. The molecule has 0 bridgehead atoms. The van der Waals surface area contributed by atoms with E-state index in [-0.39, 0.29) is 18.1 Å². The zero-order chi connectivity index (χ0) is 21.4. The van der Waals surface area contributed by atoms with Crippen molar-refractivity contribution in [3.63, 3.8) is 0 Å². The van der Waals surface area contributed by atoms with Crippen LogP contribution < -0.4 is 0 Å². The Bertz CT molecular complexity index is 1280. The summed E-state index contributed by atoms with van der Waals surface area (Å²) in [4.78, 5) is 25.2. The summed E-state index contributed by atoms with van der Waals surface area (Å²) in [7, 11) is 0. The van der Waals surface area contributed by atoms with E-state index in [1.807, 2.05) is 48.7 Å². The van der Waals surface area contributed by atoms with Gasteiger partial charge in [-0.25, -0.2) is 4.79 Å². The number of H-pyrrole nitrogens is 1. The second kappa shape index (κ2) is 7.63. The van der Waals surface area contributed by atoms with Crippen LogP contribution in [0.5, 0.6) is 0 Å². The molecule has 0 unspecified atom stereocenters. The van der Waals surface area contributed by atoms with Crippen molar-refractivity contribution in [3.8, 4) is 5.69 Å². The molecule has 30 heavy (non-hydrogen) atoms. The number of benzene rings is 2. The zero-order valence-electron chi connectivity index (χ0n) is 17.4. The van der Waals surface area contributed by atoms with E-state index in [2.05, 4.69) is 36.2 Å². The van der Waals surface area contributed by atoms with Crippen LogP contribution in [0.25, 0.3) is 16.6 Å². The molecule has 0 saturated carbocycles. The Kier molecular flexibility index (Phi) is 4.99. The van der Waals surface area contributed by atoms with Crippen LogP contribution in [0.2, 0.25) is 0 Å². The van der Waals surface area contributed by atoms with Gasteiger partial charge >= 0.3 is 5.97 Å². The molecule has 2 heterocycles. The van der Waals surface area contributed by atoms with E-state index in [1.165, 1.54) is 11.1 Å². The predicted molar refractivity (Wildman–Crippen MR) is 115 cm³/mol. The summed E-state index contributed by atoms with van der Waals surface area (Å²) in [6.45, 7) is 7.66. The highest BCUT2D eigenvalue weighted by Crippen LogP contribution is 2.23. The normalized spacial score (nSPS) is 11.1. The fraction of sp³-hybridized carbons (Fsp3) is 0.208. The summed E-state index contributed by atoms with van der Waals surface area (Å²) in [5.74, 6) is -0.866. The van der Waals surface area contributed by atoms with E-state index < -0.39 is 5.97 Å². The molecule has 6 nitrogen and oxygen atoms in total. The molecular weight excluding hydrogens is 378 g/mol. The van der Waals surface area contributed by atoms with Crippen molar-refractivity contribution in [2.24, 2.45) is 0 Å². The van der Waals surface area contributed by atoms with Gasteiger partial charge in [-0.15, -0.1) is 0 Å². The second-order valence-electron chi connectivity index (χ2n) is 7.51. The Balaban J connectivity index is 1.54. The van der Waals surface area contributed by atoms with Gasteiger partial charge < -0.3 is 9.30 Å². The van der Waals surface area contributed by atoms with Gasteiger partial charge in [0.1, 0.15) is 0 Å². The van der Waals surface area contributed by atoms with Gasteiger partial charge in [0.15, 0.2) is 12.3 Å². The van der Waals surface area contributed by atoms with Gasteiger partial charge in [-0.2, -0.15) is 5.10 Å². The summed E-state index contributed by atoms with van der Waals surface area (Å²) >= 11 is 0. The number of aryl methyl sites for hydroxylation is 3. The first kappa shape index (κ1) is 19.6. The monoisotopic (exact) mass is 401 g/mol. The fourth-order valence-corrected chi connectivity index (χ4v) is 3.70. The first-order valence-corrected chi connectivity index (χ1v) is 9.77. The number of carbonyl (C=O) groups excluding carboxylic acids is 2. The number of fused-ring (bicyclic) bond motifs is 1. The molecule has 0 aliphatic heterocycles. The Labute approximate surface area is 174 Å². The number of para-hydroxylation sites is 1. The fourth-order valence-electron chi connectivity index (χ4n) is 3.70. The number of ketones is 1. The summed E-state index contributed by atoms with van der Waals surface area (Å²) in [5.41, 5.74) is 6.65. The molecule has 2 aromatic heterocycles. The third-order valence-electron chi connectivity index (χ3n) is 5.48. The number of hydrogen-bond acceptors (Lipinski definition) is 4. The highest BCUT2D eigenvalue weighted by Gasteiger charge is 2.20. The summed E-state index contributed by atoms with van der Waals surface area (Å²) in [6, 6.07) is 15.3. The number of ether oxygens (including phenoxy) is 1. The molecule has 4 aromatic rings. The number of nitrogens with zero attached hydrogens (tertiary/aromatic N) is 2. The Hall–Kier alpha value is -3.67. The topological polar surface area (TPSA) is 77.0 Å². The predicted octanol–water partition coefficient (Wildman–Crippen LogP) is 4.63. The molecule has 152 valence electrons. The lowest BCUT2D eigenvalue weighted by molar-refractivity contribution is 0.0470. The highest BCUT2D eigenvalue weighted by atomic mass is 16.5. The molecule has 0 fully saturated rings. The van der Waals surface area contributed by atoms with Crippen LogP contribution in [0, 0.1) is 27.7 Å². The number of carbonyl (C=O) groups is 2. The largest absolute Gasteiger partial charge is 0.452 e. The average molecular weight is 401 g/mol. The van der Waals surface area contributed by atoms with Crippen molar-refractivity contribution < 1.29 is 14.3 Å². The van der Waals surface area contributed by atoms with E-state index in [1.54, 1.807) is 6.07 Å². The van der Waals surface area contributed by atoms with E-state index >= 15 is 0 Å². The molecule has 0 radical (unpaired) electrons.